The molecule has 0 amide bonds. The van der Waals surface area contributed by atoms with Crippen LogP contribution >= 0.6 is 0 Å². The van der Waals surface area contributed by atoms with E-state index in [1.165, 1.54) is 23.5 Å². The van der Waals surface area contributed by atoms with Gasteiger partial charge in [0, 0.05) is 25.5 Å². The molecule has 0 N–H and O–H groups in total. The summed E-state index contributed by atoms with van der Waals surface area (Å²) in [5.74, 6) is 0.478. The van der Waals surface area contributed by atoms with Crippen LogP contribution in [0.15, 0.2) is 35.4 Å². The van der Waals surface area contributed by atoms with Gasteiger partial charge in [0.2, 0.25) is 0 Å². The fraction of sp³-hybridized carbons (Fsp3) is 0.538. The van der Waals surface area contributed by atoms with Gasteiger partial charge in [-0.2, -0.15) is 0 Å². The van der Waals surface area contributed by atoms with E-state index in [0.29, 0.717) is 50.1 Å². The maximum absolute atomic E-state index is 13.9. The molecule has 0 bridgehead atoms. The van der Waals surface area contributed by atoms with E-state index >= 15 is 0 Å². The van der Waals surface area contributed by atoms with Crippen LogP contribution in [0.1, 0.15) is 61.0 Å². The summed E-state index contributed by atoms with van der Waals surface area (Å²) in [5.41, 5.74) is 2.11. The number of ether oxygens (including phenoxy) is 3. The number of fused-ring (bicyclic) bond motifs is 1. The number of aromatic nitrogens is 1. The molecular weight excluding hydrogens is 468 g/mol. The Bertz CT molecular complexity index is 1160. The van der Waals surface area contributed by atoms with Crippen LogP contribution in [0.4, 0.5) is 5.82 Å². The van der Waals surface area contributed by atoms with Crippen LogP contribution in [-0.2, 0) is 32.3 Å². The van der Waals surface area contributed by atoms with Gasteiger partial charge >= 0.3 is 5.97 Å². The number of carbonyl (C=O) groups is 1. The van der Waals surface area contributed by atoms with Gasteiger partial charge in [-0.05, 0) is 73.8 Å². The Hall–Kier alpha value is -2.65. The third-order valence-electron chi connectivity index (χ3n) is 6.89. The predicted octanol–water partition coefficient (Wildman–Crippen LogP) is 4.16. The number of pyridine rings is 1. The Morgan fingerprint density at radius 2 is 1.94 bits per heavy atom. The number of nitrogens with zero attached hydrogens (tertiary/aromatic N) is 2. The Kier molecular flexibility index (Phi) is 7.96. The van der Waals surface area contributed by atoms with Gasteiger partial charge in [0.15, 0.2) is 0 Å². The van der Waals surface area contributed by atoms with Crippen molar-refractivity contribution in [3.05, 3.63) is 47.2 Å². The first-order valence-electron chi connectivity index (χ1n) is 12.3. The fourth-order valence-electron chi connectivity index (χ4n) is 4.72. The van der Waals surface area contributed by atoms with Gasteiger partial charge < -0.3 is 14.2 Å². The van der Waals surface area contributed by atoms with Crippen LogP contribution in [0.25, 0.3) is 0 Å². The maximum atomic E-state index is 13.9. The molecule has 3 heterocycles. The Labute approximate surface area is 207 Å². The number of rotatable bonds is 8. The van der Waals surface area contributed by atoms with Crippen LogP contribution in [0.5, 0.6) is 5.75 Å². The molecule has 1 aromatic carbocycles. The van der Waals surface area contributed by atoms with Gasteiger partial charge in [-0.3, -0.25) is 0 Å². The molecule has 8 nitrogen and oxygen atoms in total. The number of carbonyl (C=O) groups excluding carboxylic acids is 1. The van der Waals surface area contributed by atoms with E-state index in [0.717, 1.165) is 36.8 Å². The first-order valence-corrected chi connectivity index (χ1v) is 13.8. The minimum absolute atomic E-state index is 0.0176. The summed E-state index contributed by atoms with van der Waals surface area (Å²) < 4.78 is 45.6. The summed E-state index contributed by atoms with van der Waals surface area (Å²) in [6.45, 7) is 5.85. The van der Waals surface area contributed by atoms with Crippen molar-refractivity contribution >= 4 is 21.8 Å². The second-order valence-corrected chi connectivity index (χ2v) is 10.9. The number of sulfonamides is 1. The van der Waals surface area contributed by atoms with E-state index < -0.39 is 16.0 Å². The van der Waals surface area contributed by atoms with E-state index in [-0.39, 0.29) is 16.5 Å². The maximum Gasteiger partial charge on any atom is 0.341 e. The molecule has 0 aliphatic carbocycles. The molecule has 2 aromatic rings. The first kappa shape index (κ1) is 25.4. The number of anilines is 1. The first-order chi connectivity index (χ1) is 16.9. The molecule has 2 aliphatic heterocycles. The van der Waals surface area contributed by atoms with Crippen molar-refractivity contribution in [3.63, 3.8) is 0 Å². The summed E-state index contributed by atoms with van der Waals surface area (Å²) in [6.07, 6.45) is 6.51. The number of methoxy groups -OCH3 is 1. The van der Waals surface area contributed by atoms with Crippen molar-refractivity contribution in [2.45, 2.75) is 63.3 Å². The van der Waals surface area contributed by atoms with Crippen molar-refractivity contribution in [1.29, 1.82) is 0 Å². The molecule has 4 rings (SSSR count). The highest BCUT2D eigenvalue weighted by Crippen LogP contribution is 2.36. The third kappa shape index (κ3) is 5.30. The monoisotopic (exact) mass is 502 g/mol. The van der Waals surface area contributed by atoms with Gasteiger partial charge in [-0.1, -0.05) is 19.9 Å². The van der Waals surface area contributed by atoms with Crippen molar-refractivity contribution in [1.82, 2.24) is 4.98 Å². The summed E-state index contributed by atoms with van der Waals surface area (Å²) in [4.78, 5) is 17.2. The van der Waals surface area contributed by atoms with Gasteiger partial charge in [0.1, 0.15) is 17.1 Å². The largest absolute Gasteiger partial charge is 0.492 e. The van der Waals surface area contributed by atoms with Crippen LogP contribution in [-0.4, -0.2) is 52.3 Å². The number of benzene rings is 1. The zero-order chi connectivity index (χ0) is 25.0. The van der Waals surface area contributed by atoms with E-state index in [1.807, 2.05) is 13.0 Å². The smallest absolute Gasteiger partial charge is 0.341 e. The molecule has 190 valence electrons. The van der Waals surface area contributed by atoms with Crippen molar-refractivity contribution in [2.24, 2.45) is 5.92 Å². The second-order valence-electron chi connectivity index (χ2n) is 9.10. The van der Waals surface area contributed by atoms with E-state index in [1.54, 1.807) is 12.3 Å². The minimum atomic E-state index is -3.98. The van der Waals surface area contributed by atoms with Crippen LogP contribution < -0.4 is 9.04 Å². The molecule has 0 radical (unpaired) electrons. The third-order valence-corrected chi connectivity index (χ3v) is 8.73. The van der Waals surface area contributed by atoms with E-state index in [9.17, 15) is 13.2 Å². The predicted molar refractivity (Wildman–Crippen MR) is 132 cm³/mol. The normalized spacial score (nSPS) is 18.7. The lowest BCUT2D eigenvalue weighted by atomic mass is 9.98. The lowest BCUT2D eigenvalue weighted by Crippen LogP contribution is -2.44. The molecule has 0 spiro atoms. The van der Waals surface area contributed by atoms with Crippen LogP contribution in [0.2, 0.25) is 0 Å². The number of hydrogen-bond donors (Lipinski definition) is 0. The average molecular weight is 503 g/mol. The standard InChI is InChI=1S/C26H34N2O6S/c1-4-18-14-20-6-7-21(5-2)28(25(20)27-16-18)35(30,31)22-8-9-24(23(15-22)26(29)32-3)34-17-19-10-12-33-13-11-19/h8-9,14-16,19,21H,4-7,10-13,17H2,1-3H3. The Morgan fingerprint density at radius 3 is 2.63 bits per heavy atom. The van der Waals surface area contributed by atoms with Gasteiger partial charge in [-0.25, -0.2) is 22.5 Å². The number of hydrogen-bond acceptors (Lipinski definition) is 7. The molecule has 1 saturated heterocycles. The topological polar surface area (TPSA) is 95.0 Å². The molecule has 2 aliphatic rings. The molecule has 35 heavy (non-hydrogen) atoms. The Morgan fingerprint density at radius 1 is 1.17 bits per heavy atom. The quantitative estimate of drug-likeness (QED) is 0.500. The van der Waals surface area contributed by atoms with Gasteiger partial charge in [0.25, 0.3) is 10.0 Å². The summed E-state index contributed by atoms with van der Waals surface area (Å²) in [6, 6.07) is 6.25. The number of esters is 1. The van der Waals surface area contributed by atoms with Crippen molar-refractivity contribution in [3.8, 4) is 5.75 Å². The molecule has 1 aromatic heterocycles. The summed E-state index contributed by atoms with van der Waals surface area (Å²) in [5, 5.41) is 0. The lowest BCUT2D eigenvalue weighted by molar-refractivity contribution is 0.0483. The zero-order valence-corrected chi connectivity index (χ0v) is 21.5. The highest BCUT2D eigenvalue weighted by Gasteiger charge is 2.37. The molecular formula is C26H34N2O6S. The molecule has 1 unspecified atom stereocenters. The SMILES string of the molecule is CCc1cnc2c(c1)CCC(CC)N2S(=O)(=O)c1ccc(OCC2CCOCC2)c(C(=O)OC)c1. The molecule has 1 fully saturated rings. The van der Waals surface area contributed by atoms with Crippen LogP contribution in [0.3, 0.4) is 0 Å². The van der Waals surface area contributed by atoms with Gasteiger partial charge in [0.05, 0.1) is 18.6 Å². The Balaban J connectivity index is 1.69. The average Bonchev–Trinajstić information content (AvgIpc) is 2.90. The molecule has 1 atom stereocenters. The zero-order valence-electron chi connectivity index (χ0n) is 20.7. The number of aryl methyl sites for hydroxylation is 2. The van der Waals surface area contributed by atoms with E-state index in [4.69, 9.17) is 14.2 Å². The van der Waals surface area contributed by atoms with E-state index in [2.05, 4.69) is 11.9 Å². The second kappa shape index (κ2) is 11.0. The van der Waals surface area contributed by atoms with Crippen molar-refractivity contribution < 1.29 is 27.4 Å². The minimum Gasteiger partial charge on any atom is -0.492 e. The van der Waals surface area contributed by atoms with Crippen molar-refractivity contribution in [2.75, 3.05) is 31.2 Å². The van der Waals surface area contributed by atoms with Crippen LogP contribution in [0, 0.1) is 5.92 Å². The van der Waals surface area contributed by atoms with Gasteiger partial charge in [-0.15, -0.1) is 0 Å². The molecule has 0 saturated carbocycles. The summed E-state index contributed by atoms with van der Waals surface area (Å²) >= 11 is 0. The molecule has 9 heteroatoms. The fourth-order valence-corrected chi connectivity index (χ4v) is 6.49. The lowest BCUT2D eigenvalue weighted by Gasteiger charge is -2.36. The highest BCUT2D eigenvalue weighted by atomic mass is 32.2. The highest BCUT2D eigenvalue weighted by molar-refractivity contribution is 7.92. The summed E-state index contributed by atoms with van der Waals surface area (Å²) in [7, 11) is -2.71.